The van der Waals surface area contributed by atoms with Crippen LogP contribution in [0.1, 0.15) is 33.1 Å². The summed E-state index contributed by atoms with van der Waals surface area (Å²) in [7, 11) is 0. The van der Waals surface area contributed by atoms with Crippen LogP contribution in [0, 0.1) is 0 Å². The third-order valence-corrected chi connectivity index (χ3v) is 3.98. The van der Waals surface area contributed by atoms with E-state index in [0.717, 1.165) is 19.5 Å². The minimum absolute atomic E-state index is 0.140. The van der Waals surface area contributed by atoms with Gasteiger partial charge in [0, 0.05) is 25.2 Å². The molecule has 2 saturated heterocycles. The Labute approximate surface area is 97.8 Å². The number of nitrogens with two attached hydrogens (primary N) is 1. The second-order valence-electron chi connectivity index (χ2n) is 5.15. The van der Waals surface area contributed by atoms with Gasteiger partial charge in [-0.3, -0.25) is 9.69 Å². The van der Waals surface area contributed by atoms with E-state index in [4.69, 9.17) is 5.73 Å². The van der Waals surface area contributed by atoms with Gasteiger partial charge in [-0.1, -0.05) is 6.92 Å². The molecule has 0 aromatic rings. The van der Waals surface area contributed by atoms with E-state index in [1.165, 1.54) is 19.4 Å². The summed E-state index contributed by atoms with van der Waals surface area (Å²) in [6.45, 7) is 7.21. The van der Waals surface area contributed by atoms with E-state index in [1.54, 1.807) is 0 Å². The predicted octanol–water partition coefficient (Wildman–Crippen LogP) is 0.419. The number of rotatable bonds is 2. The van der Waals surface area contributed by atoms with Crippen LogP contribution in [0.2, 0.25) is 0 Å². The molecule has 2 heterocycles. The number of carbonyl (C=O) groups is 1. The zero-order chi connectivity index (χ0) is 11.7. The molecule has 0 aromatic carbocycles. The van der Waals surface area contributed by atoms with Crippen LogP contribution in [0.5, 0.6) is 0 Å². The van der Waals surface area contributed by atoms with Gasteiger partial charge in [0.25, 0.3) is 0 Å². The molecule has 0 aromatic heterocycles. The number of hydrogen-bond donors (Lipinski definition) is 1. The van der Waals surface area contributed by atoms with Gasteiger partial charge in [-0.05, 0) is 32.7 Å². The van der Waals surface area contributed by atoms with Crippen molar-refractivity contribution in [3.63, 3.8) is 0 Å². The highest BCUT2D eigenvalue weighted by atomic mass is 16.2. The van der Waals surface area contributed by atoms with E-state index < -0.39 is 0 Å². The van der Waals surface area contributed by atoms with E-state index in [9.17, 15) is 4.79 Å². The molecule has 4 nitrogen and oxygen atoms in total. The molecule has 0 radical (unpaired) electrons. The first kappa shape index (κ1) is 11.9. The second-order valence-corrected chi connectivity index (χ2v) is 5.15. The van der Waals surface area contributed by atoms with Crippen molar-refractivity contribution in [1.29, 1.82) is 0 Å². The van der Waals surface area contributed by atoms with E-state index in [2.05, 4.69) is 11.8 Å². The van der Waals surface area contributed by atoms with Crippen LogP contribution in [0.4, 0.5) is 0 Å². The quantitative estimate of drug-likeness (QED) is 0.741. The van der Waals surface area contributed by atoms with Crippen molar-refractivity contribution in [2.75, 3.05) is 19.6 Å². The lowest BCUT2D eigenvalue weighted by atomic mass is 10.1. The standard InChI is InChI=1S/C12H23N3O/c1-3-11(13)12(16)15-8-10-5-4-6-14(10)7-9(15)2/h9-11H,3-8,13H2,1-2H3/t9?,10?,11-/m0/s1. The van der Waals surface area contributed by atoms with Crippen LogP contribution >= 0.6 is 0 Å². The molecule has 2 rings (SSSR count). The summed E-state index contributed by atoms with van der Waals surface area (Å²) in [5.41, 5.74) is 5.84. The highest BCUT2D eigenvalue weighted by Gasteiger charge is 2.37. The van der Waals surface area contributed by atoms with E-state index in [-0.39, 0.29) is 11.9 Å². The number of carbonyl (C=O) groups excluding carboxylic acids is 1. The van der Waals surface area contributed by atoms with Gasteiger partial charge in [-0.25, -0.2) is 0 Å². The number of hydrogen-bond acceptors (Lipinski definition) is 3. The predicted molar refractivity (Wildman–Crippen MR) is 64.0 cm³/mol. The fourth-order valence-electron chi connectivity index (χ4n) is 2.88. The van der Waals surface area contributed by atoms with Gasteiger partial charge in [-0.15, -0.1) is 0 Å². The zero-order valence-corrected chi connectivity index (χ0v) is 10.4. The Kier molecular flexibility index (Phi) is 3.50. The second kappa shape index (κ2) is 4.72. The largest absolute Gasteiger partial charge is 0.336 e. The number of amides is 1. The van der Waals surface area contributed by atoms with Crippen molar-refractivity contribution in [2.24, 2.45) is 5.73 Å². The van der Waals surface area contributed by atoms with Crippen LogP contribution in [-0.4, -0.2) is 53.5 Å². The maximum Gasteiger partial charge on any atom is 0.239 e. The first-order chi connectivity index (χ1) is 7.63. The van der Waals surface area contributed by atoms with Crippen molar-refractivity contribution >= 4 is 5.91 Å². The van der Waals surface area contributed by atoms with Crippen molar-refractivity contribution in [2.45, 2.75) is 51.2 Å². The zero-order valence-electron chi connectivity index (χ0n) is 10.4. The van der Waals surface area contributed by atoms with Crippen molar-refractivity contribution in [3.05, 3.63) is 0 Å². The third-order valence-electron chi connectivity index (χ3n) is 3.98. The molecule has 0 spiro atoms. The first-order valence-electron chi connectivity index (χ1n) is 6.43. The molecule has 92 valence electrons. The van der Waals surface area contributed by atoms with Crippen molar-refractivity contribution < 1.29 is 4.79 Å². The van der Waals surface area contributed by atoms with E-state index >= 15 is 0 Å². The van der Waals surface area contributed by atoms with Crippen LogP contribution < -0.4 is 5.73 Å². The van der Waals surface area contributed by atoms with Crippen LogP contribution in [0.3, 0.4) is 0 Å². The molecular weight excluding hydrogens is 202 g/mol. The average Bonchev–Trinajstić information content (AvgIpc) is 2.72. The van der Waals surface area contributed by atoms with Gasteiger partial charge < -0.3 is 10.6 Å². The lowest BCUT2D eigenvalue weighted by Gasteiger charge is -2.43. The summed E-state index contributed by atoms with van der Waals surface area (Å²) in [6, 6.07) is 0.596. The summed E-state index contributed by atoms with van der Waals surface area (Å²) >= 11 is 0. The number of nitrogens with zero attached hydrogens (tertiary/aromatic N) is 2. The Bertz CT molecular complexity index is 269. The highest BCUT2D eigenvalue weighted by molar-refractivity contribution is 5.82. The number of piperazine rings is 1. The fraction of sp³-hybridized carbons (Fsp3) is 0.917. The lowest BCUT2D eigenvalue weighted by Crippen LogP contribution is -2.59. The van der Waals surface area contributed by atoms with Gasteiger partial charge in [0.1, 0.15) is 0 Å². The number of fused-ring (bicyclic) bond motifs is 1. The Morgan fingerprint density at radius 1 is 1.50 bits per heavy atom. The van der Waals surface area contributed by atoms with Crippen LogP contribution in [0.25, 0.3) is 0 Å². The Balaban J connectivity index is 2.02. The van der Waals surface area contributed by atoms with Gasteiger partial charge >= 0.3 is 0 Å². The molecule has 2 fully saturated rings. The molecule has 2 aliphatic heterocycles. The Hall–Kier alpha value is -0.610. The Morgan fingerprint density at radius 3 is 2.94 bits per heavy atom. The molecule has 3 atom stereocenters. The van der Waals surface area contributed by atoms with Gasteiger partial charge in [0.15, 0.2) is 0 Å². The SMILES string of the molecule is CC[C@H](N)C(=O)N1CC2CCCN2CC1C. The molecule has 1 amide bonds. The molecular formula is C12H23N3O. The van der Waals surface area contributed by atoms with Gasteiger partial charge in [-0.2, -0.15) is 0 Å². The minimum atomic E-state index is -0.310. The summed E-state index contributed by atoms with van der Waals surface area (Å²) in [6.07, 6.45) is 3.24. The maximum absolute atomic E-state index is 12.1. The average molecular weight is 225 g/mol. The topological polar surface area (TPSA) is 49.6 Å². The monoisotopic (exact) mass is 225 g/mol. The summed E-state index contributed by atoms with van der Waals surface area (Å²) < 4.78 is 0. The smallest absolute Gasteiger partial charge is 0.239 e. The molecule has 0 saturated carbocycles. The van der Waals surface area contributed by atoms with E-state index in [0.29, 0.717) is 12.1 Å². The van der Waals surface area contributed by atoms with Crippen molar-refractivity contribution in [3.8, 4) is 0 Å². The minimum Gasteiger partial charge on any atom is -0.336 e. The Morgan fingerprint density at radius 2 is 2.25 bits per heavy atom. The molecule has 16 heavy (non-hydrogen) atoms. The highest BCUT2D eigenvalue weighted by Crippen LogP contribution is 2.24. The summed E-state index contributed by atoms with van der Waals surface area (Å²) in [5.74, 6) is 0.140. The third kappa shape index (κ3) is 2.09. The molecule has 0 bridgehead atoms. The van der Waals surface area contributed by atoms with Crippen molar-refractivity contribution in [1.82, 2.24) is 9.80 Å². The lowest BCUT2D eigenvalue weighted by molar-refractivity contribution is -0.138. The fourth-order valence-corrected chi connectivity index (χ4v) is 2.88. The normalized spacial score (nSPS) is 32.6. The van der Waals surface area contributed by atoms with Crippen LogP contribution in [-0.2, 0) is 4.79 Å². The summed E-state index contributed by atoms with van der Waals surface area (Å²) in [5, 5.41) is 0. The molecule has 2 aliphatic rings. The van der Waals surface area contributed by atoms with E-state index in [1.807, 2.05) is 11.8 Å². The van der Waals surface area contributed by atoms with Gasteiger partial charge in [0.2, 0.25) is 5.91 Å². The molecule has 2 N–H and O–H groups in total. The molecule has 2 unspecified atom stereocenters. The first-order valence-corrected chi connectivity index (χ1v) is 6.43. The maximum atomic E-state index is 12.1. The molecule has 4 heteroatoms. The van der Waals surface area contributed by atoms with Crippen LogP contribution in [0.15, 0.2) is 0 Å². The summed E-state index contributed by atoms with van der Waals surface area (Å²) in [4.78, 5) is 16.6. The van der Waals surface area contributed by atoms with Gasteiger partial charge in [0.05, 0.1) is 6.04 Å². The molecule has 0 aliphatic carbocycles.